The van der Waals surface area contributed by atoms with Crippen LogP contribution in [0.15, 0.2) is 24.3 Å². The zero-order valence-corrected chi connectivity index (χ0v) is 12.1. The summed E-state index contributed by atoms with van der Waals surface area (Å²) in [7, 11) is 0. The van der Waals surface area contributed by atoms with Gasteiger partial charge in [-0.25, -0.2) is 0 Å². The molecule has 1 aliphatic rings. The minimum absolute atomic E-state index is 0.206. The summed E-state index contributed by atoms with van der Waals surface area (Å²) < 4.78 is 0. The van der Waals surface area contributed by atoms with Gasteiger partial charge in [-0.3, -0.25) is 0 Å². The summed E-state index contributed by atoms with van der Waals surface area (Å²) in [6.07, 6.45) is 0.316. The fourth-order valence-electron chi connectivity index (χ4n) is 2.90. The van der Waals surface area contributed by atoms with E-state index in [9.17, 15) is 30.0 Å². The topological polar surface area (TPSA) is 121 Å². The van der Waals surface area contributed by atoms with Crippen LogP contribution in [0.25, 0.3) is 6.08 Å². The molecule has 0 aliphatic heterocycles. The number of rotatable bonds is 4. The summed E-state index contributed by atoms with van der Waals surface area (Å²) >= 11 is 0. The number of carbonyl (C=O) groups is 2. The first-order chi connectivity index (χ1) is 10.2. The lowest BCUT2D eigenvalue weighted by atomic mass is 9.64. The largest absolute Gasteiger partial charge is 0.549 e. The second-order valence-electron chi connectivity index (χ2n) is 5.55. The Morgan fingerprint density at radius 3 is 2.32 bits per heavy atom. The maximum Gasteiger partial charge on any atom is 0.0762 e. The van der Waals surface area contributed by atoms with Crippen molar-refractivity contribution >= 4 is 18.0 Å². The Bertz CT molecular complexity index is 646. The molecule has 6 heteroatoms. The molecule has 2 N–H and O–H groups in total. The van der Waals surface area contributed by atoms with E-state index in [1.54, 1.807) is 13.0 Å². The normalized spacial score (nSPS) is 26.1. The average molecular weight is 304 g/mol. The molecule has 118 valence electrons. The van der Waals surface area contributed by atoms with E-state index >= 15 is 0 Å². The third-order valence-corrected chi connectivity index (χ3v) is 4.20. The minimum atomic E-state index is -2.10. The van der Waals surface area contributed by atoms with Gasteiger partial charge in [0.25, 0.3) is 0 Å². The lowest BCUT2D eigenvalue weighted by molar-refractivity contribution is -0.331. The van der Waals surface area contributed by atoms with Gasteiger partial charge in [-0.15, -0.1) is 0 Å². The zero-order valence-electron chi connectivity index (χ0n) is 12.1. The lowest BCUT2D eigenvalue weighted by Crippen LogP contribution is -2.56. The maximum absolute atomic E-state index is 11.6. The van der Waals surface area contributed by atoms with Crippen LogP contribution in [-0.4, -0.2) is 28.3 Å². The molecule has 6 nitrogen and oxygen atoms in total. The van der Waals surface area contributed by atoms with Crippen molar-refractivity contribution in [3.8, 4) is 0 Å². The predicted molar refractivity (Wildman–Crippen MR) is 73.0 cm³/mol. The van der Waals surface area contributed by atoms with Crippen molar-refractivity contribution in [3.63, 3.8) is 0 Å². The number of hydrogen-bond donors (Lipinski definition) is 2. The van der Waals surface area contributed by atoms with Gasteiger partial charge in [0.15, 0.2) is 0 Å². The van der Waals surface area contributed by atoms with Crippen molar-refractivity contribution in [1.29, 1.82) is 0 Å². The van der Waals surface area contributed by atoms with Gasteiger partial charge in [-0.1, -0.05) is 24.3 Å². The Morgan fingerprint density at radius 2 is 1.86 bits per heavy atom. The van der Waals surface area contributed by atoms with E-state index < -0.39 is 35.5 Å². The van der Waals surface area contributed by atoms with Gasteiger partial charge >= 0.3 is 0 Å². The Morgan fingerprint density at radius 1 is 1.23 bits per heavy atom. The van der Waals surface area contributed by atoms with Crippen LogP contribution < -0.4 is 10.2 Å². The molecular formula is C16H16O6-2. The number of aliphatic hydroxyl groups is 2. The van der Waals surface area contributed by atoms with Crippen LogP contribution >= 0.6 is 0 Å². The van der Waals surface area contributed by atoms with Crippen LogP contribution in [0.5, 0.6) is 0 Å². The van der Waals surface area contributed by atoms with Crippen LogP contribution in [0.2, 0.25) is 0 Å². The molecule has 0 saturated carbocycles. The molecule has 22 heavy (non-hydrogen) atoms. The summed E-state index contributed by atoms with van der Waals surface area (Å²) in [5.74, 6) is -4.88. The minimum Gasteiger partial charge on any atom is -0.549 e. The van der Waals surface area contributed by atoms with E-state index in [4.69, 9.17) is 0 Å². The van der Waals surface area contributed by atoms with E-state index in [-0.39, 0.29) is 5.56 Å². The molecule has 0 radical (unpaired) electrons. The summed E-state index contributed by atoms with van der Waals surface area (Å²) in [6, 6.07) is 4.52. The van der Waals surface area contributed by atoms with Gasteiger partial charge in [0.2, 0.25) is 0 Å². The molecule has 0 bridgehead atoms. The van der Waals surface area contributed by atoms with Gasteiger partial charge in [0, 0.05) is 5.92 Å². The first-order valence-corrected chi connectivity index (χ1v) is 6.83. The molecule has 0 heterocycles. The van der Waals surface area contributed by atoms with E-state index in [0.29, 0.717) is 11.1 Å². The zero-order chi connectivity index (χ0) is 16.7. The molecule has 0 amide bonds. The van der Waals surface area contributed by atoms with Gasteiger partial charge in [0.05, 0.1) is 29.6 Å². The molecular weight excluding hydrogens is 288 g/mol. The molecule has 2 rings (SSSR count). The number of carboxylic acid groups (broad SMARTS) is 2. The highest BCUT2D eigenvalue weighted by Crippen LogP contribution is 2.45. The smallest absolute Gasteiger partial charge is 0.0762 e. The van der Waals surface area contributed by atoms with Crippen molar-refractivity contribution < 1.29 is 30.0 Å². The highest BCUT2D eigenvalue weighted by Gasteiger charge is 2.46. The first-order valence-electron chi connectivity index (χ1n) is 6.83. The van der Waals surface area contributed by atoms with Crippen molar-refractivity contribution in [2.75, 3.05) is 0 Å². The van der Waals surface area contributed by atoms with Gasteiger partial charge in [0.1, 0.15) is 0 Å². The average Bonchev–Trinajstić information content (AvgIpc) is 2.44. The van der Waals surface area contributed by atoms with Gasteiger partial charge < -0.3 is 30.0 Å². The number of carboxylic acids is 2. The molecule has 1 aromatic carbocycles. The monoisotopic (exact) mass is 304 g/mol. The predicted octanol–water partition coefficient (Wildman–Crippen LogP) is -1.28. The maximum atomic E-state index is 11.6. The second kappa shape index (κ2) is 5.55. The molecule has 4 atom stereocenters. The Labute approximate surface area is 127 Å². The highest BCUT2D eigenvalue weighted by molar-refractivity contribution is 5.91. The van der Waals surface area contributed by atoms with Crippen molar-refractivity contribution in [1.82, 2.24) is 0 Å². The standard InChI is InChI=1S/C16H18O6/c1-8(17)10-3-4-12-11(7-10)5-6-16(9(2)18,15(21)22)13(12)14(19)20/h3-9,13,17-18H,1-2H3,(H,19,20)(H,21,22)/p-2. The van der Waals surface area contributed by atoms with E-state index in [0.717, 1.165) is 6.08 Å². The third-order valence-electron chi connectivity index (χ3n) is 4.20. The molecule has 4 unspecified atom stereocenters. The molecule has 0 aromatic heterocycles. The number of benzene rings is 1. The number of aliphatic hydroxyl groups excluding tert-OH is 2. The van der Waals surface area contributed by atoms with Crippen molar-refractivity contribution in [2.45, 2.75) is 32.0 Å². The number of hydrogen-bond acceptors (Lipinski definition) is 6. The Balaban J connectivity index is 2.69. The number of aliphatic carboxylic acids is 2. The van der Waals surface area contributed by atoms with Crippen LogP contribution in [0.1, 0.15) is 42.6 Å². The van der Waals surface area contributed by atoms with Crippen molar-refractivity contribution in [3.05, 3.63) is 41.0 Å². The fraction of sp³-hybridized carbons (Fsp3) is 0.375. The van der Waals surface area contributed by atoms with Crippen LogP contribution in [0.4, 0.5) is 0 Å². The summed E-state index contributed by atoms with van der Waals surface area (Å²) in [5, 5.41) is 42.6. The van der Waals surface area contributed by atoms with Crippen molar-refractivity contribution in [2.24, 2.45) is 5.41 Å². The van der Waals surface area contributed by atoms with Gasteiger partial charge in [-0.05, 0) is 36.6 Å². The quantitative estimate of drug-likeness (QED) is 0.714. The van der Waals surface area contributed by atoms with E-state index in [1.165, 1.54) is 25.1 Å². The van der Waals surface area contributed by atoms with Gasteiger partial charge in [-0.2, -0.15) is 0 Å². The summed E-state index contributed by atoms with van der Waals surface area (Å²) in [5.41, 5.74) is -0.862. The third kappa shape index (κ3) is 2.30. The SMILES string of the molecule is CC(O)c1ccc2c(c1)C=CC(C(=O)[O-])(C(C)O)C2C(=O)[O-]. The van der Waals surface area contributed by atoms with E-state index in [1.807, 2.05) is 0 Å². The Kier molecular flexibility index (Phi) is 4.08. The number of carbonyl (C=O) groups excluding carboxylic acids is 2. The summed E-state index contributed by atoms with van der Waals surface area (Å²) in [6.45, 7) is 2.76. The van der Waals surface area contributed by atoms with Crippen LogP contribution in [0.3, 0.4) is 0 Å². The molecule has 1 aromatic rings. The summed E-state index contributed by atoms with van der Waals surface area (Å²) in [4.78, 5) is 23.1. The lowest BCUT2D eigenvalue weighted by Gasteiger charge is -2.45. The molecule has 1 aliphatic carbocycles. The Hall–Kier alpha value is -2.18. The highest BCUT2D eigenvalue weighted by atomic mass is 16.4. The first kappa shape index (κ1) is 16.2. The molecule has 0 spiro atoms. The van der Waals surface area contributed by atoms with Crippen LogP contribution in [0, 0.1) is 5.41 Å². The second-order valence-corrected chi connectivity index (χ2v) is 5.55. The van der Waals surface area contributed by atoms with Crippen LogP contribution in [-0.2, 0) is 9.59 Å². The molecule has 0 fully saturated rings. The number of fused-ring (bicyclic) bond motifs is 1. The van der Waals surface area contributed by atoms with E-state index in [2.05, 4.69) is 0 Å². The molecule has 0 saturated heterocycles. The fourth-order valence-corrected chi connectivity index (χ4v) is 2.90.